The van der Waals surface area contributed by atoms with Gasteiger partial charge in [-0.15, -0.1) is 0 Å². The van der Waals surface area contributed by atoms with E-state index in [-0.39, 0.29) is 17.6 Å². The Morgan fingerprint density at radius 2 is 2.10 bits per heavy atom. The number of anilines is 1. The zero-order valence-electron chi connectivity index (χ0n) is 17.6. The van der Waals surface area contributed by atoms with E-state index in [1.54, 1.807) is 0 Å². The lowest BCUT2D eigenvalue weighted by molar-refractivity contribution is -0.118. The molecule has 3 aromatic rings. The third kappa shape index (κ3) is 3.58. The number of ether oxygens (including phenoxy) is 1. The number of benzene rings is 1. The topological polar surface area (TPSA) is 75.2 Å². The van der Waals surface area contributed by atoms with E-state index in [0.29, 0.717) is 25.3 Å². The summed E-state index contributed by atoms with van der Waals surface area (Å²) in [6.07, 6.45) is 3.64. The first-order valence-electron chi connectivity index (χ1n) is 10.9. The predicted molar refractivity (Wildman–Crippen MR) is 117 cm³/mol. The molecule has 158 valence electrons. The largest absolute Gasteiger partial charge is 0.371 e. The van der Waals surface area contributed by atoms with Crippen LogP contribution in [0.25, 0.3) is 10.9 Å². The van der Waals surface area contributed by atoms with Gasteiger partial charge in [-0.05, 0) is 45.2 Å². The maximum Gasteiger partial charge on any atom is 0.270 e. The number of nitrogens with one attached hydrogen (secondary N) is 2. The minimum absolute atomic E-state index is 0.0342. The van der Waals surface area contributed by atoms with E-state index in [1.807, 2.05) is 39.9 Å². The molecule has 1 amide bonds. The Morgan fingerprint density at radius 1 is 1.27 bits per heavy atom. The summed E-state index contributed by atoms with van der Waals surface area (Å²) in [6, 6.07) is 12.0. The number of carbonyl (C=O) groups is 1. The Labute approximate surface area is 176 Å². The Balaban J connectivity index is 1.25. The van der Waals surface area contributed by atoms with E-state index in [2.05, 4.69) is 30.2 Å². The van der Waals surface area contributed by atoms with Crippen LogP contribution in [-0.2, 0) is 17.8 Å². The number of H-pyrrole nitrogens is 1. The maximum atomic E-state index is 13.0. The molecule has 3 heterocycles. The number of hydrogen-bond acceptors (Lipinski definition) is 4. The van der Waals surface area contributed by atoms with Gasteiger partial charge in [-0.2, -0.15) is 5.10 Å². The van der Waals surface area contributed by atoms with Crippen LogP contribution in [0.4, 0.5) is 5.82 Å². The number of amides is 1. The summed E-state index contributed by atoms with van der Waals surface area (Å²) in [5.41, 5.74) is 2.62. The second kappa shape index (κ2) is 7.47. The fraction of sp³-hybridized carbons (Fsp3) is 0.478. The van der Waals surface area contributed by atoms with Gasteiger partial charge in [0.05, 0.1) is 30.5 Å². The summed E-state index contributed by atoms with van der Waals surface area (Å²) in [5, 5.41) is 9.23. The fourth-order valence-electron chi connectivity index (χ4n) is 4.54. The molecule has 1 aliphatic heterocycles. The SMILES string of the molecule is CC(C)OC1(CNc2cc3n(n2)CCN(C(=O)c2cc4ccccc4[nH]2)C3)CCC1. The molecule has 2 aliphatic rings. The minimum Gasteiger partial charge on any atom is -0.371 e. The molecule has 1 fully saturated rings. The van der Waals surface area contributed by atoms with Gasteiger partial charge in [-0.25, -0.2) is 0 Å². The van der Waals surface area contributed by atoms with Gasteiger partial charge >= 0.3 is 0 Å². The first-order valence-corrected chi connectivity index (χ1v) is 10.9. The summed E-state index contributed by atoms with van der Waals surface area (Å²) in [6.45, 7) is 6.89. The van der Waals surface area contributed by atoms with Gasteiger partial charge in [-0.1, -0.05) is 18.2 Å². The summed E-state index contributed by atoms with van der Waals surface area (Å²) in [4.78, 5) is 18.2. The molecule has 2 aromatic heterocycles. The van der Waals surface area contributed by atoms with Crippen LogP contribution < -0.4 is 5.32 Å². The first-order chi connectivity index (χ1) is 14.5. The smallest absolute Gasteiger partial charge is 0.270 e. The second-order valence-corrected chi connectivity index (χ2v) is 8.80. The van der Waals surface area contributed by atoms with Crippen molar-refractivity contribution in [2.75, 3.05) is 18.4 Å². The zero-order chi connectivity index (χ0) is 20.7. The van der Waals surface area contributed by atoms with Gasteiger partial charge in [0.25, 0.3) is 5.91 Å². The van der Waals surface area contributed by atoms with E-state index in [9.17, 15) is 4.79 Å². The molecule has 0 atom stereocenters. The second-order valence-electron chi connectivity index (χ2n) is 8.80. The molecule has 0 radical (unpaired) electrons. The van der Waals surface area contributed by atoms with Crippen LogP contribution in [0.3, 0.4) is 0 Å². The lowest BCUT2D eigenvalue weighted by atomic mass is 9.79. The van der Waals surface area contributed by atoms with E-state index < -0.39 is 0 Å². The molecule has 0 saturated heterocycles. The summed E-state index contributed by atoms with van der Waals surface area (Å²) in [7, 11) is 0. The normalized spacial score (nSPS) is 17.8. The quantitative estimate of drug-likeness (QED) is 0.652. The monoisotopic (exact) mass is 407 g/mol. The number of nitrogens with zero attached hydrogens (tertiary/aromatic N) is 3. The van der Waals surface area contributed by atoms with Crippen molar-refractivity contribution in [3.63, 3.8) is 0 Å². The Morgan fingerprint density at radius 3 is 2.83 bits per heavy atom. The molecule has 0 spiro atoms. The van der Waals surface area contributed by atoms with Crippen LogP contribution in [0.15, 0.2) is 36.4 Å². The number of hydrogen-bond donors (Lipinski definition) is 2. The molecule has 1 aliphatic carbocycles. The fourth-order valence-corrected chi connectivity index (χ4v) is 4.54. The van der Waals surface area contributed by atoms with Crippen molar-refractivity contribution in [3.05, 3.63) is 47.8 Å². The Kier molecular flexibility index (Phi) is 4.77. The number of rotatable bonds is 6. The average molecular weight is 408 g/mol. The van der Waals surface area contributed by atoms with E-state index >= 15 is 0 Å². The van der Waals surface area contributed by atoms with E-state index in [4.69, 9.17) is 9.84 Å². The van der Waals surface area contributed by atoms with Gasteiger partial charge in [0, 0.05) is 30.1 Å². The molecule has 2 N–H and O–H groups in total. The number of para-hydroxylation sites is 1. The third-order valence-electron chi connectivity index (χ3n) is 6.19. The number of aromatic amines is 1. The molecule has 30 heavy (non-hydrogen) atoms. The van der Waals surface area contributed by atoms with Crippen LogP contribution in [0.5, 0.6) is 0 Å². The van der Waals surface area contributed by atoms with Crippen LogP contribution in [0.1, 0.15) is 49.3 Å². The van der Waals surface area contributed by atoms with Gasteiger partial charge in [0.1, 0.15) is 11.5 Å². The van der Waals surface area contributed by atoms with E-state index in [1.165, 1.54) is 6.42 Å². The van der Waals surface area contributed by atoms with E-state index in [0.717, 1.165) is 41.8 Å². The Bertz CT molecular complexity index is 1030. The third-order valence-corrected chi connectivity index (χ3v) is 6.19. The summed E-state index contributed by atoms with van der Waals surface area (Å²) < 4.78 is 8.17. The average Bonchev–Trinajstić information content (AvgIpc) is 3.32. The molecule has 1 aromatic carbocycles. The molecule has 7 heteroatoms. The highest BCUT2D eigenvalue weighted by molar-refractivity contribution is 5.98. The lowest BCUT2D eigenvalue weighted by Gasteiger charge is -2.43. The van der Waals surface area contributed by atoms with Crippen molar-refractivity contribution in [2.24, 2.45) is 0 Å². The van der Waals surface area contributed by atoms with Crippen LogP contribution >= 0.6 is 0 Å². The number of fused-ring (bicyclic) bond motifs is 2. The predicted octanol–water partition coefficient (Wildman–Crippen LogP) is 3.78. The van der Waals surface area contributed by atoms with Gasteiger partial charge < -0.3 is 19.9 Å². The summed E-state index contributed by atoms with van der Waals surface area (Å²) in [5.74, 6) is 0.899. The number of aromatic nitrogens is 3. The molecule has 7 nitrogen and oxygen atoms in total. The van der Waals surface area contributed by atoms with Crippen molar-refractivity contribution >= 4 is 22.6 Å². The standard InChI is InChI=1S/C23H29N5O2/c1-16(2)30-23(8-5-9-23)15-24-21-13-18-14-27(10-11-28(18)26-21)22(29)20-12-17-6-3-4-7-19(17)25-20/h3-4,6-7,12-13,16,25H,5,8-11,14-15H2,1-2H3,(H,24,26). The van der Waals surface area contributed by atoms with Crippen molar-refractivity contribution in [2.45, 2.75) is 57.9 Å². The molecule has 5 rings (SSSR count). The molecule has 0 bridgehead atoms. The highest BCUT2D eigenvalue weighted by Crippen LogP contribution is 2.37. The zero-order valence-corrected chi connectivity index (χ0v) is 17.6. The molecular weight excluding hydrogens is 378 g/mol. The van der Waals surface area contributed by atoms with Crippen LogP contribution in [-0.4, -0.2) is 50.4 Å². The summed E-state index contributed by atoms with van der Waals surface area (Å²) >= 11 is 0. The van der Waals surface area contributed by atoms with Crippen molar-refractivity contribution in [1.29, 1.82) is 0 Å². The van der Waals surface area contributed by atoms with Gasteiger partial charge in [0.2, 0.25) is 0 Å². The number of carbonyl (C=O) groups excluding carboxylic acids is 1. The van der Waals surface area contributed by atoms with Gasteiger partial charge in [0.15, 0.2) is 0 Å². The van der Waals surface area contributed by atoms with Crippen molar-refractivity contribution in [3.8, 4) is 0 Å². The van der Waals surface area contributed by atoms with Crippen LogP contribution in [0.2, 0.25) is 0 Å². The highest BCUT2D eigenvalue weighted by atomic mass is 16.5. The molecule has 1 saturated carbocycles. The molecular formula is C23H29N5O2. The van der Waals surface area contributed by atoms with Crippen molar-refractivity contribution in [1.82, 2.24) is 19.7 Å². The Hall–Kier alpha value is -2.80. The highest BCUT2D eigenvalue weighted by Gasteiger charge is 2.39. The maximum absolute atomic E-state index is 13.0. The first kappa shape index (κ1) is 19.2. The molecule has 0 unspecified atom stereocenters. The minimum atomic E-state index is -0.0596. The van der Waals surface area contributed by atoms with Gasteiger partial charge in [-0.3, -0.25) is 9.48 Å². The lowest BCUT2D eigenvalue weighted by Crippen LogP contribution is -2.47. The van der Waals surface area contributed by atoms with Crippen molar-refractivity contribution < 1.29 is 9.53 Å². The van der Waals surface area contributed by atoms with Crippen LogP contribution in [0, 0.1) is 0 Å².